The highest BCUT2D eigenvalue weighted by molar-refractivity contribution is 6.04. The Kier molecular flexibility index (Phi) is 8.45. The van der Waals surface area contributed by atoms with E-state index in [2.05, 4.69) is 16.0 Å². The Morgan fingerprint density at radius 1 is 0.750 bits per heavy atom. The average molecular weight is 337 g/mol. The summed E-state index contributed by atoms with van der Waals surface area (Å²) in [4.78, 5) is 36.2. The summed E-state index contributed by atoms with van der Waals surface area (Å²) >= 11 is 0. The molecule has 0 aliphatic carbocycles. The van der Waals surface area contributed by atoms with E-state index in [0.29, 0.717) is 6.54 Å². The number of aliphatic hydroxyl groups excluding tert-OH is 2. The quantitative estimate of drug-likeness (QED) is 0.406. The Labute approximate surface area is 140 Å². The van der Waals surface area contributed by atoms with Crippen LogP contribution in [0, 0.1) is 0 Å². The Bertz CT molecular complexity index is 496. The Hall–Kier alpha value is -2.45. The molecule has 24 heavy (non-hydrogen) atoms. The van der Waals surface area contributed by atoms with Crippen LogP contribution in [-0.4, -0.2) is 60.8 Å². The first-order valence-electron chi connectivity index (χ1n) is 7.74. The summed E-state index contributed by atoms with van der Waals surface area (Å²) in [6.07, 6.45) is 0.756. The van der Waals surface area contributed by atoms with E-state index in [1.165, 1.54) is 18.2 Å². The van der Waals surface area contributed by atoms with Gasteiger partial charge in [-0.2, -0.15) is 0 Å². The maximum atomic E-state index is 12.1. The highest BCUT2D eigenvalue weighted by Gasteiger charge is 2.16. The topological polar surface area (TPSA) is 128 Å². The maximum Gasteiger partial charge on any atom is 0.251 e. The second-order valence-corrected chi connectivity index (χ2v) is 5.01. The molecule has 0 unspecified atom stereocenters. The van der Waals surface area contributed by atoms with Gasteiger partial charge in [0, 0.05) is 36.3 Å². The van der Waals surface area contributed by atoms with Crippen molar-refractivity contribution in [1.82, 2.24) is 16.0 Å². The number of carbonyl (C=O) groups is 3. The van der Waals surface area contributed by atoms with Gasteiger partial charge in [-0.3, -0.25) is 14.4 Å². The summed E-state index contributed by atoms with van der Waals surface area (Å²) in [5, 5.41) is 25.2. The van der Waals surface area contributed by atoms with Gasteiger partial charge in [0.05, 0.1) is 13.2 Å². The van der Waals surface area contributed by atoms with Crippen molar-refractivity contribution in [2.45, 2.75) is 13.3 Å². The second-order valence-electron chi connectivity index (χ2n) is 5.01. The molecule has 0 fully saturated rings. The van der Waals surface area contributed by atoms with Gasteiger partial charge in [0.15, 0.2) is 0 Å². The lowest BCUT2D eigenvalue weighted by Crippen LogP contribution is -2.30. The minimum atomic E-state index is -0.495. The number of amides is 3. The van der Waals surface area contributed by atoms with Gasteiger partial charge in [0.1, 0.15) is 0 Å². The first-order valence-corrected chi connectivity index (χ1v) is 7.74. The van der Waals surface area contributed by atoms with E-state index in [0.717, 1.165) is 6.42 Å². The molecule has 0 radical (unpaired) electrons. The standard InChI is InChI=1S/C16H23N3O5/c1-2-3-17-14(22)11-8-12(15(23)18-4-6-20)10-13(9-11)16(24)19-5-7-21/h8-10,20-21H,2-7H2,1H3,(H,17,22)(H,18,23)(H,19,24). The molecule has 0 saturated heterocycles. The van der Waals surface area contributed by atoms with Crippen molar-refractivity contribution >= 4 is 17.7 Å². The van der Waals surface area contributed by atoms with E-state index in [1.54, 1.807) is 0 Å². The van der Waals surface area contributed by atoms with E-state index < -0.39 is 11.8 Å². The number of hydrogen-bond donors (Lipinski definition) is 5. The molecule has 0 bridgehead atoms. The van der Waals surface area contributed by atoms with Crippen LogP contribution in [0.3, 0.4) is 0 Å². The molecule has 132 valence electrons. The van der Waals surface area contributed by atoms with Crippen LogP contribution in [0.25, 0.3) is 0 Å². The molecule has 8 heteroatoms. The molecular formula is C16H23N3O5. The summed E-state index contributed by atoms with van der Waals surface area (Å²) in [6, 6.07) is 4.14. The fourth-order valence-corrected chi connectivity index (χ4v) is 1.90. The lowest BCUT2D eigenvalue weighted by molar-refractivity contribution is 0.0944. The van der Waals surface area contributed by atoms with Gasteiger partial charge in [0.25, 0.3) is 17.7 Å². The van der Waals surface area contributed by atoms with E-state index in [9.17, 15) is 14.4 Å². The van der Waals surface area contributed by atoms with Crippen molar-refractivity contribution in [3.8, 4) is 0 Å². The summed E-state index contributed by atoms with van der Waals surface area (Å²) in [5.74, 6) is -1.37. The lowest BCUT2D eigenvalue weighted by Gasteiger charge is -2.10. The van der Waals surface area contributed by atoms with E-state index in [-0.39, 0.29) is 48.9 Å². The molecule has 8 nitrogen and oxygen atoms in total. The molecule has 5 N–H and O–H groups in total. The zero-order valence-corrected chi connectivity index (χ0v) is 13.6. The highest BCUT2D eigenvalue weighted by atomic mass is 16.3. The normalized spacial score (nSPS) is 10.1. The van der Waals surface area contributed by atoms with Crippen molar-refractivity contribution in [2.75, 3.05) is 32.8 Å². The van der Waals surface area contributed by atoms with Crippen LogP contribution in [0.1, 0.15) is 44.4 Å². The van der Waals surface area contributed by atoms with E-state index in [4.69, 9.17) is 10.2 Å². The van der Waals surface area contributed by atoms with Crippen LogP contribution >= 0.6 is 0 Å². The number of carbonyl (C=O) groups excluding carboxylic acids is 3. The smallest absolute Gasteiger partial charge is 0.251 e. The monoisotopic (exact) mass is 337 g/mol. The molecule has 1 aromatic carbocycles. The minimum Gasteiger partial charge on any atom is -0.395 e. The van der Waals surface area contributed by atoms with E-state index >= 15 is 0 Å². The summed E-state index contributed by atoms with van der Waals surface area (Å²) < 4.78 is 0. The number of aliphatic hydroxyl groups is 2. The number of rotatable bonds is 9. The summed E-state index contributed by atoms with van der Waals surface area (Å²) in [7, 11) is 0. The highest BCUT2D eigenvalue weighted by Crippen LogP contribution is 2.11. The molecule has 0 atom stereocenters. The van der Waals surface area contributed by atoms with Gasteiger partial charge < -0.3 is 26.2 Å². The molecular weight excluding hydrogens is 314 g/mol. The van der Waals surface area contributed by atoms with Crippen molar-refractivity contribution in [2.24, 2.45) is 0 Å². The van der Waals surface area contributed by atoms with Crippen molar-refractivity contribution in [3.63, 3.8) is 0 Å². The maximum absolute atomic E-state index is 12.1. The van der Waals surface area contributed by atoms with Gasteiger partial charge >= 0.3 is 0 Å². The molecule has 0 aliphatic rings. The van der Waals surface area contributed by atoms with E-state index in [1.807, 2.05) is 6.92 Å². The van der Waals surface area contributed by atoms with Crippen LogP contribution in [0.4, 0.5) is 0 Å². The molecule has 0 saturated carbocycles. The predicted octanol–water partition coefficient (Wildman–Crippen LogP) is -0.729. The molecule has 0 aromatic heterocycles. The van der Waals surface area contributed by atoms with Gasteiger partial charge in [-0.1, -0.05) is 6.92 Å². The zero-order chi connectivity index (χ0) is 17.9. The lowest BCUT2D eigenvalue weighted by atomic mass is 10.0. The Morgan fingerprint density at radius 3 is 1.38 bits per heavy atom. The van der Waals surface area contributed by atoms with Crippen molar-refractivity contribution in [1.29, 1.82) is 0 Å². The molecule has 0 aliphatic heterocycles. The predicted molar refractivity (Wildman–Crippen MR) is 87.9 cm³/mol. The molecule has 3 amide bonds. The van der Waals surface area contributed by atoms with Crippen LogP contribution in [0.15, 0.2) is 18.2 Å². The van der Waals surface area contributed by atoms with Gasteiger partial charge in [-0.25, -0.2) is 0 Å². The molecule has 1 aromatic rings. The SMILES string of the molecule is CCCNC(=O)c1cc(C(=O)NCCO)cc(C(=O)NCCO)c1. The third-order valence-corrected chi connectivity index (χ3v) is 3.05. The largest absolute Gasteiger partial charge is 0.395 e. The fraction of sp³-hybridized carbons (Fsp3) is 0.438. The Morgan fingerprint density at radius 2 is 1.08 bits per heavy atom. The fourth-order valence-electron chi connectivity index (χ4n) is 1.90. The van der Waals surface area contributed by atoms with Gasteiger partial charge in [0.2, 0.25) is 0 Å². The first kappa shape index (κ1) is 19.6. The van der Waals surface area contributed by atoms with Crippen LogP contribution in [0.2, 0.25) is 0 Å². The summed E-state index contributed by atoms with van der Waals surface area (Å²) in [5.41, 5.74) is 0.470. The Balaban J connectivity index is 3.11. The summed E-state index contributed by atoms with van der Waals surface area (Å²) in [6.45, 7) is 2.09. The van der Waals surface area contributed by atoms with Crippen molar-refractivity contribution in [3.05, 3.63) is 34.9 Å². The van der Waals surface area contributed by atoms with Crippen molar-refractivity contribution < 1.29 is 24.6 Å². The minimum absolute atomic E-state index is 0.0666. The molecule has 0 spiro atoms. The average Bonchev–Trinajstić information content (AvgIpc) is 2.61. The molecule has 0 heterocycles. The van der Waals surface area contributed by atoms with Gasteiger partial charge in [-0.15, -0.1) is 0 Å². The molecule has 1 rings (SSSR count). The third kappa shape index (κ3) is 5.98. The number of benzene rings is 1. The zero-order valence-electron chi connectivity index (χ0n) is 13.6. The van der Waals surface area contributed by atoms with Crippen LogP contribution in [0.5, 0.6) is 0 Å². The van der Waals surface area contributed by atoms with Gasteiger partial charge in [-0.05, 0) is 24.6 Å². The van der Waals surface area contributed by atoms with Crippen LogP contribution in [-0.2, 0) is 0 Å². The third-order valence-electron chi connectivity index (χ3n) is 3.05. The number of hydrogen-bond acceptors (Lipinski definition) is 5. The van der Waals surface area contributed by atoms with Crippen LogP contribution < -0.4 is 16.0 Å². The first-order chi connectivity index (χ1) is 11.5. The number of nitrogens with one attached hydrogen (secondary N) is 3. The second kappa shape index (κ2) is 10.3.